The molecule has 0 bridgehead atoms. The smallest absolute Gasteiger partial charge is 0.232 e. The van der Waals surface area contributed by atoms with E-state index in [4.69, 9.17) is 5.10 Å². The van der Waals surface area contributed by atoms with Crippen LogP contribution >= 0.6 is 11.8 Å². The zero-order valence-electron chi connectivity index (χ0n) is 25.0. The normalized spacial score (nSPS) is 17.9. The average molecular weight is 589 g/mol. The van der Waals surface area contributed by atoms with E-state index in [1.165, 1.54) is 48.9 Å². The highest BCUT2D eigenvalue weighted by Crippen LogP contribution is 2.44. The van der Waals surface area contributed by atoms with Crippen molar-refractivity contribution in [1.82, 2.24) is 0 Å². The second-order valence-corrected chi connectivity index (χ2v) is 12.4. The number of anilines is 1. The molecule has 7 rings (SSSR count). The Morgan fingerprint density at radius 2 is 1.16 bits per heavy atom. The minimum Gasteiger partial charge on any atom is -0.378 e. The van der Waals surface area contributed by atoms with Gasteiger partial charge in [-0.25, -0.2) is 0 Å². The van der Waals surface area contributed by atoms with E-state index in [1.54, 1.807) is 0 Å². The van der Waals surface area contributed by atoms with Crippen molar-refractivity contribution in [2.45, 2.75) is 12.5 Å². The maximum Gasteiger partial charge on any atom is 0.232 e. The first-order valence-electron chi connectivity index (χ1n) is 15.0. The van der Waals surface area contributed by atoms with Gasteiger partial charge in [-0.15, -0.1) is 0 Å². The quantitative estimate of drug-likeness (QED) is 0.216. The molecule has 1 unspecified atom stereocenters. The zero-order valence-corrected chi connectivity index (χ0v) is 25.8. The van der Waals surface area contributed by atoms with E-state index < -0.39 is 0 Å². The van der Waals surface area contributed by atoms with E-state index in [1.807, 2.05) is 11.8 Å². The third kappa shape index (κ3) is 5.82. The van der Waals surface area contributed by atoms with Gasteiger partial charge in [0.2, 0.25) is 11.8 Å². The molecule has 0 amide bonds. The number of allylic oxidation sites excluding steroid dienone is 8. The Morgan fingerprint density at radius 3 is 1.70 bits per heavy atom. The van der Waals surface area contributed by atoms with Gasteiger partial charge in [0.25, 0.3) is 0 Å². The maximum atomic E-state index is 5.21. The Hall–Kier alpha value is -4.93. The molecule has 4 aromatic rings. The SMILES string of the molecule is CN(C)c1ccc(C2=N[N+](=C3C=CC(=C4C=C(c5ccccc5)SC(c5ccccc5)=C4)C=C3)C(c3ccccc3)C2)cc1. The number of hydrogen-bond acceptors (Lipinski definition) is 3. The van der Waals surface area contributed by atoms with Crippen molar-refractivity contribution in [2.75, 3.05) is 19.0 Å². The Balaban J connectivity index is 1.28. The largest absolute Gasteiger partial charge is 0.378 e. The summed E-state index contributed by atoms with van der Waals surface area (Å²) in [6.07, 6.45) is 14.4. The Labute approximate surface area is 264 Å². The minimum atomic E-state index is 0.137. The molecule has 0 aromatic heterocycles. The molecule has 0 N–H and O–H groups in total. The Morgan fingerprint density at radius 1 is 0.614 bits per heavy atom. The molecular weight excluding hydrogens is 555 g/mol. The van der Waals surface area contributed by atoms with Crippen molar-refractivity contribution < 1.29 is 4.68 Å². The lowest BCUT2D eigenvalue weighted by Crippen LogP contribution is -2.17. The molecule has 1 aliphatic carbocycles. The molecule has 214 valence electrons. The van der Waals surface area contributed by atoms with Gasteiger partial charge in [-0.2, -0.15) is 0 Å². The first-order valence-corrected chi connectivity index (χ1v) is 15.8. The van der Waals surface area contributed by atoms with Crippen LogP contribution < -0.4 is 4.90 Å². The number of thioether (sulfide) groups is 1. The predicted molar refractivity (Wildman–Crippen MR) is 188 cm³/mol. The molecule has 0 saturated carbocycles. The van der Waals surface area contributed by atoms with Gasteiger partial charge in [0.05, 0.1) is 6.42 Å². The number of nitrogens with zero attached hydrogens (tertiary/aromatic N) is 3. The number of benzene rings is 4. The molecule has 3 nitrogen and oxygen atoms in total. The van der Waals surface area contributed by atoms with Gasteiger partial charge in [0.1, 0.15) is 5.71 Å². The van der Waals surface area contributed by atoms with E-state index >= 15 is 0 Å². The van der Waals surface area contributed by atoms with Gasteiger partial charge in [0, 0.05) is 52.9 Å². The first-order chi connectivity index (χ1) is 21.6. The van der Waals surface area contributed by atoms with Crippen LogP contribution in [-0.2, 0) is 0 Å². The minimum absolute atomic E-state index is 0.137. The van der Waals surface area contributed by atoms with Crippen LogP contribution in [0.25, 0.3) is 9.81 Å². The molecule has 4 aromatic carbocycles. The summed E-state index contributed by atoms with van der Waals surface area (Å²) in [5, 5.41) is 5.21. The van der Waals surface area contributed by atoms with Gasteiger partial charge in [-0.05, 0) is 63.8 Å². The molecule has 1 atom stereocenters. The molecule has 0 fully saturated rings. The zero-order chi connectivity index (χ0) is 29.9. The molecular formula is C40H34N3S+. The van der Waals surface area contributed by atoms with Crippen LogP contribution in [-0.4, -0.2) is 30.2 Å². The molecule has 3 aliphatic rings. The van der Waals surface area contributed by atoms with Gasteiger partial charge in [0.15, 0.2) is 0 Å². The van der Waals surface area contributed by atoms with Crippen LogP contribution in [0.2, 0.25) is 0 Å². The summed E-state index contributed by atoms with van der Waals surface area (Å²) in [7, 11) is 4.14. The first kappa shape index (κ1) is 27.9. The standard InChI is InChI=1S/C40H34N3S/c1-42(2)35-22-20-30(21-23-35)37-28-38(31-12-6-3-7-13-31)43(41-37)36-24-18-29(19-25-36)34-26-39(32-14-8-4-9-15-32)44-40(27-34)33-16-10-5-11-17-33/h3-27,38H,28H2,1-2H3/q+1. The lowest BCUT2D eigenvalue weighted by molar-refractivity contribution is -0.566. The van der Waals surface area contributed by atoms with Crippen molar-refractivity contribution in [1.29, 1.82) is 0 Å². The number of hydrogen-bond donors (Lipinski definition) is 0. The summed E-state index contributed by atoms with van der Waals surface area (Å²) in [4.78, 5) is 4.63. The van der Waals surface area contributed by atoms with Crippen LogP contribution in [0.1, 0.15) is 34.7 Å². The fourth-order valence-electron chi connectivity index (χ4n) is 5.77. The molecule has 2 heterocycles. The number of hydrazone groups is 1. The Kier molecular flexibility index (Phi) is 7.83. The highest BCUT2D eigenvalue weighted by Gasteiger charge is 2.36. The average Bonchev–Trinajstić information content (AvgIpc) is 3.55. The van der Waals surface area contributed by atoms with Crippen LogP contribution in [0, 0.1) is 0 Å². The van der Waals surface area contributed by atoms with E-state index in [0.717, 1.165) is 17.8 Å². The summed E-state index contributed by atoms with van der Waals surface area (Å²) in [5.41, 5.74) is 10.7. The highest BCUT2D eigenvalue weighted by molar-refractivity contribution is 8.16. The van der Waals surface area contributed by atoms with E-state index in [9.17, 15) is 0 Å². The van der Waals surface area contributed by atoms with Gasteiger partial charge >= 0.3 is 0 Å². The van der Waals surface area contributed by atoms with E-state index in [0.29, 0.717) is 0 Å². The van der Waals surface area contributed by atoms with Gasteiger partial charge < -0.3 is 4.90 Å². The summed E-state index contributed by atoms with van der Waals surface area (Å²) in [6, 6.07) is 40.9. The van der Waals surface area contributed by atoms with E-state index in [-0.39, 0.29) is 6.04 Å². The van der Waals surface area contributed by atoms with Crippen LogP contribution in [0.15, 0.2) is 168 Å². The monoisotopic (exact) mass is 588 g/mol. The topological polar surface area (TPSA) is 18.6 Å². The molecule has 2 aliphatic heterocycles. The van der Waals surface area contributed by atoms with Crippen molar-refractivity contribution in [3.63, 3.8) is 0 Å². The van der Waals surface area contributed by atoms with Crippen molar-refractivity contribution in [3.05, 3.63) is 185 Å². The molecule has 4 heteroatoms. The summed E-state index contributed by atoms with van der Waals surface area (Å²) in [6.45, 7) is 0. The Bertz CT molecular complexity index is 1810. The second-order valence-electron chi connectivity index (χ2n) is 11.3. The van der Waals surface area contributed by atoms with Crippen molar-refractivity contribution in [2.24, 2.45) is 5.10 Å². The second kappa shape index (κ2) is 12.4. The van der Waals surface area contributed by atoms with Crippen LogP contribution in [0.4, 0.5) is 5.69 Å². The van der Waals surface area contributed by atoms with Gasteiger partial charge in [-0.3, -0.25) is 0 Å². The third-order valence-corrected chi connectivity index (χ3v) is 9.33. The summed E-state index contributed by atoms with van der Waals surface area (Å²) >= 11 is 1.83. The van der Waals surface area contributed by atoms with Crippen LogP contribution in [0.5, 0.6) is 0 Å². The molecule has 0 spiro atoms. The predicted octanol–water partition coefficient (Wildman–Crippen LogP) is 9.31. The molecule has 44 heavy (non-hydrogen) atoms. The van der Waals surface area contributed by atoms with Crippen LogP contribution in [0.3, 0.4) is 0 Å². The lowest BCUT2D eigenvalue weighted by Gasteiger charge is -2.18. The van der Waals surface area contributed by atoms with E-state index in [2.05, 4.69) is 175 Å². The summed E-state index contributed by atoms with van der Waals surface area (Å²) in [5.74, 6) is 0. The third-order valence-electron chi connectivity index (χ3n) is 8.19. The maximum absolute atomic E-state index is 5.21. The molecule has 0 saturated heterocycles. The highest BCUT2D eigenvalue weighted by atomic mass is 32.2. The van der Waals surface area contributed by atoms with Gasteiger partial charge in [-0.1, -0.05) is 120 Å². The van der Waals surface area contributed by atoms with Crippen molar-refractivity contribution in [3.8, 4) is 0 Å². The molecule has 0 radical (unpaired) electrons. The fraction of sp³-hybridized carbons (Fsp3) is 0.100. The summed E-state index contributed by atoms with van der Waals surface area (Å²) < 4.78 is 2.20. The van der Waals surface area contributed by atoms with Crippen molar-refractivity contribution >= 4 is 38.7 Å². The fourth-order valence-corrected chi connectivity index (χ4v) is 6.89. The lowest BCUT2D eigenvalue weighted by atomic mass is 9.97. The number of rotatable bonds is 5.